The third-order valence-electron chi connectivity index (χ3n) is 8.77. The number of aromatic nitrogens is 1. The number of pyridine rings is 1. The van der Waals surface area contributed by atoms with Gasteiger partial charge in [0.05, 0.1) is 6.61 Å². The van der Waals surface area contributed by atoms with Crippen LogP contribution in [0.2, 0.25) is 26.2 Å². The molecule has 0 aliphatic heterocycles. The van der Waals surface area contributed by atoms with Crippen molar-refractivity contribution in [1.29, 1.82) is 0 Å². The summed E-state index contributed by atoms with van der Waals surface area (Å²) < 4.78 is 19.5. The van der Waals surface area contributed by atoms with E-state index in [1.54, 1.807) is 6.20 Å². The van der Waals surface area contributed by atoms with Crippen molar-refractivity contribution in [2.75, 3.05) is 6.61 Å². The van der Waals surface area contributed by atoms with Crippen LogP contribution in [0, 0.1) is 34.5 Å². The van der Waals surface area contributed by atoms with Crippen LogP contribution in [0.3, 0.4) is 0 Å². The van der Waals surface area contributed by atoms with Crippen molar-refractivity contribution in [2.24, 2.45) is 34.5 Å². The molecule has 3 saturated carbocycles. The highest BCUT2D eigenvalue weighted by Gasteiger charge is 2.64. The van der Waals surface area contributed by atoms with E-state index in [4.69, 9.17) is 13.0 Å². The molecule has 0 amide bonds. The Hall–Kier alpha value is -0.536. The van der Waals surface area contributed by atoms with Gasteiger partial charge in [-0.2, -0.15) is 0 Å². The van der Waals surface area contributed by atoms with Crippen molar-refractivity contribution in [3.8, 4) is 0 Å². The molecule has 0 radical (unpaired) electrons. The summed E-state index contributed by atoms with van der Waals surface area (Å²) >= 11 is 0. The van der Waals surface area contributed by atoms with Crippen LogP contribution < -0.4 is 0 Å². The molecule has 6 heteroatoms. The van der Waals surface area contributed by atoms with Gasteiger partial charge in [0.1, 0.15) is 0 Å². The van der Waals surface area contributed by atoms with Crippen molar-refractivity contribution in [3.05, 3.63) is 30.1 Å². The van der Waals surface area contributed by atoms with Crippen LogP contribution in [0.1, 0.15) is 58.4 Å². The van der Waals surface area contributed by atoms with Gasteiger partial charge in [-0.1, -0.05) is 33.3 Å². The molecule has 0 aromatic carbocycles. The highest BCUT2D eigenvalue weighted by Crippen LogP contribution is 2.70. The van der Waals surface area contributed by atoms with Crippen LogP contribution in [0.15, 0.2) is 24.5 Å². The predicted octanol–water partition coefficient (Wildman–Crippen LogP) is 6.52. The Morgan fingerprint density at radius 3 is 2.48 bits per heavy atom. The summed E-state index contributed by atoms with van der Waals surface area (Å²) in [4.78, 5) is 4.18. The van der Waals surface area contributed by atoms with Crippen LogP contribution in [0.5, 0.6) is 0 Å². The maximum Gasteiger partial charge on any atom is 0.323 e. The van der Waals surface area contributed by atoms with E-state index >= 15 is 0 Å². The SMILES string of the molecule is CC1(C)CCCC2(C)C(CO[Si](C)(C)O[Si](C)(C)OCc3cccnc3)C3CCC2C31. The van der Waals surface area contributed by atoms with Gasteiger partial charge in [0, 0.05) is 19.0 Å². The van der Waals surface area contributed by atoms with Gasteiger partial charge in [-0.05, 0) is 98.0 Å². The number of hydrogen-bond donors (Lipinski definition) is 0. The van der Waals surface area contributed by atoms with E-state index in [1.807, 2.05) is 12.3 Å². The van der Waals surface area contributed by atoms with Crippen molar-refractivity contribution in [1.82, 2.24) is 4.98 Å². The molecule has 4 nitrogen and oxygen atoms in total. The Morgan fingerprint density at radius 2 is 1.77 bits per heavy atom. The van der Waals surface area contributed by atoms with Gasteiger partial charge in [-0.3, -0.25) is 4.98 Å². The van der Waals surface area contributed by atoms with Crippen molar-refractivity contribution >= 4 is 17.1 Å². The molecule has 0 spiro atoms. The van der Waals surface area contributed by atoms with Gasteiger partial charge in [0.15, 0.2) is 0 Å². The summed E-state index contributed by atoms with van der Waals surface area (Å²) in [6.45, 7) is 17.8. The monoisotopic (exact) mass is 461 g/mol. The zero-order chi connectivity index (χ0) is 22.5. The second-order valence-corrected chi connectivity index (χ2v) is 19.2. The number of hydrogen-bond acceptors (Lipinski definition) is 4. The Bertz CT molecular complexity index is 769. The van der Waals surface area contributed by atoms with E-state index < -0.39 is 17.1 Å². The quantitative estimate of drug-likeness (QED) is 0.413. The van der Waals surface area contributed by atoms with Gasteiger partial charge < -0.3 is 13.0 Å². The first kappa shape index (κ1) is 23.6. The first-order valence-electron chi connectivity index (χ1n) is 12.3. The summed E-state index contributed by atoms with van der Waals surface area (Å²) in [5.74, 6) is 3.30. The number of nitrogens with zero attached hydrogens (tertiary/aromatic N) is 1. The Kier molecular flexibility index (Phi) is 6.36. The highest BCUT2D eigenvalue weighted by molar-refractivity contribution is 6.78. The molecule has 3 aliphatic rings. The fourth-order valence-electron chi connectivity index (χ4n) is 7.57. The Balaban J connectivity index is 1.38. The van der Waals surface area contributed by atoms with E-state index in [9.17, 15) is 0 Å². The van der Waals surface area contributed by atoms with Gasteiger partial charge >= 0.3 is 17.1 Å². The molecule has 31 heavy (non-hydrogen) atoms. The van der Waals surface area contributed by atoms with Crippen LogP contribution in [-0.2, 0) is 19.6 Å². The van der Waals surface area contributed by atoms with Crippen molar-refractivity contribution < 1.29 is 13.0 Å². The molecular formula is C25H43NO3Si2. The van der Waals surface area contributed by atoms with Crippen LogP contribution in [-0.4, -0.2) is 28.7 Å². The molecule has 0 N–H and O–H groups in total. The van der Waals surface area contributed by atoms with Crippen LogP contribution >= 0.6 is 0 Å². The van der Waals surface area contributed by atoms with Crippen LogP contribution in [0.25, 0.3) is 0 Å². The molecule has 0 saturated heterocycles. The molecule has 4 rings (SSSR count). The third kappa shape index (κ3) is 4.74. The van der Waals surface area contributed by atoms with E-state index in [0.29, 0.717) is 23.4 Å². The summed E-state index contributed by atoms with van der Waals surface area (Å²) in [5.41, 5.74) is 2.03. The summed E-state index contributed by atoms with van der Waals surface area (Å²) in [6, 6.07) is 4.00. The molecule has 1 heterocycles. The lowest BCUT2D eigenvalue weighted by atomic mass is 9.65. The second kappa shape index (κ2) is 8.35. The highest BCUT2D eigenvalue weighted by atomic mass is 28.5. The van der Waals surface area contributed by atoms with Gasteiger partial charge in [0.25, 0.3) is 0 Å². The minimum atomic E-state index is -2.28. The molecule has 5 unspecified atom stereocenters. The summed E-state index contributed by atoms with van der Waals surface area (Å²) in [5, 5.41) is 0. The standard InChI is InChI=1S/C25H43NO3Si2/c1-24(2)13-9-14-25(3)21-12-11-20(23(21)24)22(25)18-28-31(6,7)29-30(4,5)27-17-19-10-8-15-26-16-19/h8,10,15-16,20-23H,9,11-14,17-18H2,1-7H3. The molecule has 3 aliphatic carbocycles. The first-order chi connectivity index (χ1) is 14.4. The smallest absolute Gasteiger partial charge is 0.323 e. The van der Waals surface area contributed by atoms with E-state index in [-0.39, 0.29) is 0 Å². The Labute approximate surface area is 192 Å². The largest absolute Gasteiger partial charge is 0.415 e. The van der Waals surface area contributed by atoms with Gasteiger partial charge in [-0.25, -0.2) is 0 Å². The Morgan fingerprint density at radius 1 is 1.03 bits per heavy atom. The maximum atomic E-state index is 6.70. The van der Waals surface area contributed by atoms with Gasteiger partial charge in [0.2, 0.25) is 0 Å². The lowest BCUT2D eigenvalue weighted by molar-refractivity contribution is 0.0353. The minimum absolute atomic E-state index is 0.454. The van der Waals surface area contributed by atoms with Crippen molar-refractivity contribution in [3.63, 3.8) is 0 Å². The average molecular weight is 462 g/mol. The zero-order valence-electron chi connectivity index (χ0n) is 20.7. The summed E-state index contributed by atoms with van der Waals surface area (Å²) in [6.07, 6.45) is 10.6. The fraction of sp³-hybridized carbons (Fsp3) is 0.800. The lowest BCUT2D eigenvalue weighted by Crippen LogP contribution is -2.50. The van der Waals surface area contributed by atoms with E-state index in [0.717, 1.165) is 29.9 Å². The fourth-order valence-corrected chi connectivity index (χ4v) is 13.9. The minimum Gasteiger partial charge on any atom is -0.415 e. The molecule has 4 bridgehead atoms. The summed E-state index contributed by atoms with van der Waals surface area (Å²) in [7, 11) is -4.56. The van der Waals surface area contributed by atoms with E-state index in [2.05, 4.69) is 58.0 Å². The van der Waals surface area contributed by atoms with E-state index in [1.165, 1.54) is 32.1 Å². The number of rotatable bonds is 8. The molecule has 3 fully saturated rings. The predicted molar refractivity (Wildman–Crippen MR) is 130 cm³/mol. The second-order valence-electron chi connectivity index (χ2n) is 12.2. The molecule has 1 aromatic rings. The lowest BCUT2D eigenvalue weighted by Gasteiger charge is -2.43. The molecular weight excluding hydrogens is 418 g/mol. The van der Waals surface area contributed by atoms with Crippen molar-refractivity contribution in [2.45, 2.75) is 85.7 Å². The zero-order valence-corrected chi connectivity index (χ0v) is 22.7. The molecule has 1 aromatic heterocycles. The average Bonchev–Trinajstić information content (AvgIpc) is 3.18. The first-order valence-corrected chi connectivity index (χ1v) is 17.9. The molecule has 5 atom stereocenters. The topological polar surface area (TPSA) is 40.6 Å². The third-order valence-corrected chi connectivity index (χ3v) is 14.4. The van der Waals surface area contributed by atoms with Gasteiger partial charge in [-0.15, -0.1) is 0 Å². The molecule has 174 valence electrons. The van der Waals surface area contributed by atoms with Crippen LogP contribution in [0.4, 0.5) is 0 Å². The maximum absolute atomic E-state index is 6.70. The normalized spacial score (nSPS) is 34.7.